The van der Waals surface area contributed by atoms with Gasteiger partial charge in [-0.2, -0.15) is 13.2 Å². The summed E-state index contributed by atoms with van der Waals surface area (Å²) in [5.74, 6) is -0.265. The lowest BCUT2D eigenvalue weighted by Gasteiger charge is -2.40. The Morgan fingerprint density at radius 1 is 1.07 bits per heavy atom. The van der Waals surface area contributed by atoms with Crippen molar-refractivity contribution in [2.45, 2.75) is 84.4 Å². The molecule has 0 spiro atoms. The van der Waals surface area contributed by atoms with Crippen LogP contribution in [0.1, 0.15) is 63.6 Å². The molecule has 1 N–H and O–H groups in total. The highest BCUT2D eigenvalue weighted by Crippen LogP contribution is 2.38. The van der Waals surface area contributed by atoms with Gasteiger partial charge < -0.3 is 19.9 Å². The molecule has 2 saturated heterocycles. The van der Waals surface area contributed by atoms with E-state index in [0.29, 0.717) is 67.2 Å². The second-order valence-corrected chi connectivity index (χ2v) is 13.8. The van der Waals surface area contributed by atoms with E-state index in [-0.39, 0.29) is 17.7 Å². The molecule has 9 nitrogen and oxygen atoms in total. The van der Waals surface area contributed by atoms with Gasteiger partial charge in [0.2, 0.25) is 0 Å². The molecule has 1 amide bonds. The highest BCUT2D eigenvalue weighted by atomic mass is 32.1. The zero-order valence-corrected chi connectivity index (χ0v) is 26.9. The third kappa shape index (κ3) is 8.20. The number of likely N-dealkylation sites (tertiary alicyclic amines) is 1. The number of hydrogen-bond donors (Lipinski definition) is 1. The first-order valence-electron chi connectivity index (χ1n) is 15.1. The van der Waals surface area contributed by atoms with Gasteiger partial charge in [0.15, 0.2) is 5.13 Å². The van der Waals surface area contributed by atoms with E-state index in [2.05, 4.69) is 37.0 Å². The van der Waals surface area contributed by atoms with Crippen LogP contribution in [-0.4, -0.2) is 74.7 Å². The summed E-state index contributed by atoms with van der Waals surface area (Å²) in [6, 6.07) is 2.91. The molecule has 1 aromatic carbocycles. The van der Waals surface area contributed by atoms with Gasteiger partial charge in [0.05, 0.1) is 35.9 Å². The average Bonchev–Trinajstić information content (AvgIpc) is 3.56. The van der Waals surface area contributed by atoms with Crippen LogP contribution in [0.15, 0.2) is 30.6 Å². The summed E-state index contributed by atoms with van der Waals surface area (Å²) in [4.78, 5) is 33.1. The molecule has 0 unspecified atom stereocenters. The summed E-state index contributed by atoms with van der Waals surface area (Å²) in [7, 11) is 0. The van der Waals surface area contributed by atoms with Crippen molar-refractivity contribution in [2.75, 3.05) is 36.4 Å². The molecule has 0 aliphatic carbocycles. The molecule has 3 aromatic rings. The number of carbonyl (C=O) groups is 1. The Balaban J connectivity index is 1.28. The van der Waals surface area contributed by atoms with Gasteiger partial charge >= 0.3 is 12.3 Å². The first-order chi connectivity index (χ1) is 21.2. The molecule has 2 aromatic heterocycles. The summed E-state index contributed by atoms with van der Waals surface area (Å²) in [5.41, 5.74) is -0.519. The van der Waals surface area contributed by atoms with Crippen LogP contribution >= 0.6 is 11.3 Å². The molecule has 45 heavy (non-hydrogen) atoms. The maximum absolute atomic E-state index is 14.3. The molecule has 0 bridgehead atoms. The standard InChI is InChI=1S/C31H39F4N7O2S/c1-19-7-6-8-40(19)18-25-27(21-11-22(31(33,34)35)13-23(32)12-21)39-28(45-25)38-15-24-14-37-26(16-36-24)42-10-9-41(17-20(42)2)29(43)44-30(3,4)5/h11-14,16,19-20H,6-10,15,17-18H2,1-5H3,(H,38,39)/t19-,20-/m1/s1. The van der Waals surface area contributed by atoms with Crippen molar-refractivity contribution in [3.8, 4) is 11.3 Å². The van der Waals surface area contributed by atoms with Crippen LogP contribution in [0.25, 0.3) is 11.3 Å². The number of aromatic nitrogens is 3. The van der Waals surface area contributed by atoms with Crippen molar-refractivity contribution in [1.29, 1.82) is 0 Å². The van der Waals surface area contributed by atoms with E-state index < -0.39 is 23.2 Å². The molecule has 2 fully saturated rings. The number of carbonyl (C=O) groups excluding carboxylic acids is 1. The topological polar surface area (TPSA) is 86.7 Å². The van der Waals surface area contributed by atoms with E-state index in [1.54, 1.807) is 17.3 Å². The zero-order valence-electron chi connectivity index (χ0n) is 26.1. The third-order valence-corrected chi connectivity index (χ3v) is 8.92. The fraction of sp³-hybridized carbons (Fsp3) is 0.548. The number of hydrogen-bond acceptors (Lipinski definition) is 9. The number of piperazine rings is 1. The Bertz CT molecular complexity index is 1490. The minimum atomic E-state index is -4.67. The first-order valence-corrected chi connectivity index (χ1v) is 15.9. The highest BCUT2D eigenvalue weighted by molar-refractivity contribution is 7.16. The molecule has 0 radical (unpaired) electrons. The van der Waals surface area contributed by atoms with Crippen molar-refractivity contribution in [1.82, 2.24) is 24.8 Å². The van der Waals surface area contributed by atoms with E-state index in [9.17, 15) is 22.4 Å². The number of alkyl halides is 3. The van der Waals surface area contributed by atoms with Crippen LogP contribution in [0, 0.1) is 5.82 Å². The SMILES string of the molecule is C[C@@H]1CCCN1Cc1sc(NCc2cnc(N3CCN(C(=O)OC(C)(C)C)C[C@H]3C)cn2)nc1-c1cc(F)cc(C(F)(F)F)c1. The number of thiazole rings is 1. The third-order valence-electron chi connectivity index (χ3n) is 7.92. The summed E-state index contributed by atoms with van der Waals surface area (Å²) in [5, 5.41) is 3.73. The maximum atomic E-state index is 14.3. The van der Waals surface area contributed by atoms with E-state index in [1.807, 2.05) is 27.7 Å². The number of benzene rings is 1. The smallest absolute Gasteiger partial charge is 0.416 e. The van der Waals surface area contributed by atoms with Crippen molar-refractivity contribution >= 4 is 28.4 Å². The minimum absolute atomic E-state index is 0.00992. The molecule has 5 rings (SSSR count). The second-order valence-electron chi connectivity index (χ2n) is 12.7. The van der Waals surface area contributed by atoms with Gasteiger partial charge in [0, 0.05) is 48.7 Å². The Kier molecular flexibility index (Phi) is 9.54. The summed E-state index contributed by atoms with van der Waals surface area (Å²) in [6.07, 6.45) is 0.443. The minimum Gasteiger partial charge on any atom is -0.444 e. The molecule has 0 saturated carbocycles. The normalized spacial score (nSPS) is 19.7. The second kappa shape index (κ2) is 13.1. The molecule has 4 heterocycles. The highest BCUT2D eigenvalue weighted by Gasteiger charge is 2.33. The fourth-order valence-corrected chi connectivity index (χ4v) is 6.61. The monoisotopic (exact) mass is 649 g/mol. The Labute approximate surface area is 264 Å². The van der Waals surface area contributed by atoms with Gasteiger partial charge in [-0.1, -0.05) is 0 Å². The van der Waals surface area contributed by atoms with Crippen molar-refractivity contribution in [3.63, 3.8) is 0 Å². The predicted octanol–water partition coefficient (Wildman–Crippen LogP) is 6.80. The van der Waals surface area contributed by atoms with Gasteiger partial charge in [-0.15, -0.1) is 11.3 Å². The lowest BCUT2D eigenvalue weighted by Crippen LogP contribution is -2.54. The number of rotatable bonds is 7. The zero-order chi connectivity index (χ0) is 32.5. The summed E-state index contributed by atoms with van der Waals surface area (Å²) >= 11 is 1.35. The van der Waals surface area contributed by atoms with Crippen LogP contribution in [0.2, 0.25) is 0 Å². The largest absolute Gasteiger partial charge is 0.444 e. The van der Waals surface area contributed by atoms with Crippen molar-refractivity contribution in [3.05, 3.63) is 52.5 Å². The Morgan fingerprint density at radius 2 is 1.84 bits per heavy atom. The number of nitrogens with one attached hydrogen (secondary N) is 1. The number of nitrogens with zero attached hydrogens (tertiary/aromatic N) is 6. The van der Waals surface area contributed by atoms with Crippen LogP contribution in [-0.2, 0) is 24.0 Å². The van der Waals surface area contributed by atoms with Crippen LogP contribution < -0.4 is 10.2 Å². The van der Waals surface area contributed by atoms with E-state index in [0.717, 1.165) is 36.4 Å². The summed E-state index contributed by atoms with van der Waals surface area (Å²) < 4.78 is 60.3. The van der Waals surface area contributed by atoms with Gasteiger partial charge in [-0.05, 0) is 72.2 Å². The predicted molar refractivity (Wildman–Crippen MR) is 166 cm³/mol. The van der Waals surface area contributed by atoms with Crippen LogP contribution in [0.4, 0.5) is 33.3 Å². The number of ether oxygens (including phenoxy) is 1. The molecule has 2 aliphatic rings. The molecule has 244 valence electrons. The van der Waals surface area contributed by atoms with Crippen molar-refractivity contribution in [2.24, 2.45) is 0 Å². The number of amides is 1. The van der Waals surface area contributed by atoms with Gasteiger partial charge in [-0.25, -0.2) is 19.2 Å². The van der Waals surface area contributed by atoms with Crippen molar-refractivity contribution < 1.29 is 27.1 Å². The van der Waals surface area contributed by atoms with Gasteiger partial charge in [0.1, 0.15) is 17.2 Å². The summed E-state index contributed by atoms with van der Waals surface area (Å²) in [6.45, 7) is 13.0. The molecule has 2 atom stereocenters. The van der Waals surface area contributed by atoms with Crippen LogP contribution in [0.5, 0.6) is 0 Å². The van der Waals surface area contributed by atoms with Gasteiger partial charge in [0.25, 0.3) is 0 Å². The molecule has 2 aliphatic heterocycles. The molecular formula is C31H39F4N7O2S. The average molecular weight is 650 g/mol. The number of anilines is 2. The van der Waals surface area contributed by atoms with E-state index in [1.165, 1.54) is 11.3 Å². The molecular weight excluding hydrogens is 610 g/mol. The lowest BCUT2D eigenvalue weighted by molar-refractivity contribution is -0.137. The quantitative estimate of drug-likeness (QED) is 0.280. The Hall–Kier alpha value is -3.52. The van der Waals surface area contributed by atoms with E-state index in [4.69, 9.17) is 4.74 Å². The number of halogens is 4. The van der Waals surface area contributed by atoms with E-state index >= 15 is 0 Å². The molecule has 14 heteroatoms. The Morgan fingerprint density at radius 3 is 2.47 bits per heavy atom. The van der Waals surface area contributed by atoms with Gasteiger partial charge in [-0.3, -0.25) is 9.88 Å². The maximum Gasteiger partial charge on any atom is 0.416 e. The van der Waals surface area contributed by atoms with Crippen LogP contribution in [0.3, 0.4) is 0 Å². The fourth-order valence-electron chi connectivity index (χ4n) is 5.61. The lowest BCUT2D eigenvalue weighted by atomic mass is 10.1. The first kappa shape index (κ1) is 32.9.